The summed E-state index contributed by atoms with van der Waals surface area (Å²) in [4.78, 5) is 10.5. The second kappa shape index (κ2) is 5.95. The van der Waals surface area contributed by atoms with Crippen molar-refractivity contribution in [2.45, 2.75) is 25.4 Å². The molecule has 1 aromatic carbocycles. The summed E-state index contributed by atoms with van der Waals surface area (Å²) in [6.45, 7) is 1.68. The van der Waals surface area contributed by atoms with Crippen LogP contribution in [-0.2, 0) is 11.0 Å². The Bertz CT molecular complexity index is 455. The Morgan fingerprint density at radius 3 is 2.32 bits per heavy atom. The molecule has 1 atom stereocenters. The van der Waals surface area contributed by atoms with Crippen LogP contribution in [0.4, 0.5) is 13.2 Å². The van der Waals surface area contributed by atoms with Crippen LogP contribution in [0.2, 0.25) is 0 Å². The minimum Gasteiger partial charge on any atom is -0.493 e. The van der Waals surface area contributed by atoms with Gasteiger partial charge in [-0.15, -0.1) is 0 Å². The van der Waals surface area contributed by atoms with Crippen molar-refractivity contribution in [3.8, 4) is 11.5 Å². The number of benzene rings is 1. The van der Waals surface area contributed by atoms with Gasteiger partial charge in [-0.25, -0.2) is 0 Å². The molecule has 1 rings (SSSR count). The van der Waals surface area contributed by atoms with Gasteiger partial charge in [-0.3, -0.25) is 0 Å². The lowest BCUT2D eigenvalue weighted by atomic mass is 9.95. The highest BCUT2D eigenvalue weighted by molar-refractivity contribution is 5.55. The quantitative estimate of drug-likeness (QED) is 0.773. The van der Waals surface area contributed by atoms with Crippen LogP contribution in [0.25, 0.3) is 0 Å². The van der Waals surface area contributed by atoms with E-state index >= 15 is 0 Å². The van der Waals surface area contributed by atoms with Crippen LogP contribution in [0.1, 0.15) is 30.4 Å². The number of rotatable bonds is 5. The number of alkyl halides is 3. The van der Waals surface area contributed by atoms with E-state index < -0.39 is 11.7 Å². The summed E-state index contributed by atoms with van der Waals surface area (Å²) < 4.78 is 48.6. The van der Waals surface area contributed by atoms with E-state index in [1.54, 1.807) is 6.92 Å². The maximum Gasteiger partial charge on any atom is 0.420 e. The van der Waals surface area contributed by atoms with E-state index in [9.17, 15) is 18.0 Å². The SMILES string of the molecule is COc1cc(C(C)CC=O)cc(C(F)(F)F)c1OC. The van der Waals surface area contributed by atoms with Gasteiger partial charge >= 0.3 is 6.18 Å². The molecule has 0 radical (unpaired) electrons. The maximum atomic E-state index is 13.0. The van der Waals surface area contributed by atoms with E-state index in [4.69, 9.17) is 9.47 Å². The Kier molecular flexibility index (Phi) is 4.80. The van der Waals surface area contributed by atoms with Crippen molar-refractivity contribution in [2.75, 3.05) is 14.2 Å². The summed E-state index contributed by atoms with van der Waals surface area (Å²) in [6, 6.07) is 2.46. The lowest BCUT2D eigenvalue weighted by molar-refractivity contribution is -0.138. The molecule has 0 fully saturated rings. The fourth-order valence-electron chi connectivity index (χ4n) is 1.76. The average Bonchev–Trinajstić information content (AvgIpc) is 2.36. The lowest BCUT2D eigenvalue weighted by Crippen LogP contribution is -2.10. The van der Waals surface area contributed by atoms with Gasteiger partial charge in [0.15, 0.2) is 11.5 Å². The first-order valence-electron chi connectivity index (χ1n) is 5.61. The van der Waals surface area contributed by atoms with E-state index in [-0.39, 0.29) is 23.8 Å². The zero-order valence-corrected chi connectivity index (χ0v) is 10.9. The molecule has 0 aliphatic heterocycles. The molecular weight excluding hydrogens is 261 g/mol. The Morgan fingerprint density at radius 2 is 1.89 bits per heavy atom. The molecule has 0 heterocycles. The van der Waals surface area contributed by atoms with Crippen molar-refractivity contribution >= 4 is 6.29 Å². The molecule has 0 saturated heterocycles. The van der Waals surface area contributed by atoms with Gasteiger partial charge < -0.3 is 14.3 Å². The second-order valence-corrected chi connectivity index (χ2v) is 4.11. The van der Waals surface area contributed by atoms with Gasteiger partial charge in [0.25, 0.3) is 0 Å². The van der Waals surface area contributed by atoms with Crippen molar-refractivity contribution in [3.63, 3.8) is 0 Å². The molecule has 19 heavy (non-hydrogen) atoms. The van der Waals surface area contributed by atoms with Crippen molar-refractivity contribution < 1.29 is 27.4 Å². The summed E-state index contributed by atoms with van der Waals surface area (Å²) in [7, 11) is 2.42. The number of halogens is 3. The predicted molar refractivity (Wildman–Crippen MR) is 63.6 cm³/mol. The molecule has 0 spiro atoms. The molecule has 3 nitrogen and oxygen atoms in total. The first-order chi connectivity index (χ1) is 8.85. The number of hydrogen-bond donors (Lipinski definition) is 0. The van der Waals surface area contributed by atoms with Crippen molar-refractivity contribution in [3.05, 3.63) is 23.3 Å². The predicted octanol–water partition coefficient (Wildman–Crippen LogP) is 3.42. The Morgan fingerprint density at radius 1 is 1.26 bits per heavy atom. The number of carbonyl (C=O) groups is 1. The van der Waals surface area contributed by atoms with Crippen LogP contribution < -0.4 is 9.47 Å². The third-order valence-corrected chi connectivity index (χ3v) is 2.83. The van der Waals surface area contributed by atoms with Gasteiger partial charge in [0.05, 0.1) is 14.2 Å². The first-order valence-corrected chi connectivity index (χ1v) is 5.61. The van der Waals surface area contributed by atoms with Crippen LogP contribution in [-0.4, -0.2) is 20.5 Å². The largest absolute Gasteiger partial charge is 0.493 e. The van der Waals surface area contributed by atoms with Gasteiger partial charge in [-0.05, 0) is 23.6 Å². The molecule has 0 bridgehead atoms. The van der Waals surface area contributed by atoms with Crippen LogP contribution >= 0.6 is 0 Å². The van der Waals surface area contributed by atoms with Gasteiger partial charge in [-0.2, -0.15) is 13.2 Å². The molecule has 0 aromatic heterocycles. The van der Waals surface area contributed by atoms with Crippen molar-refractivity contribution in [1.29, 1.82) is 0 Å². The Balaban J connectivity index is 3.42. The molecule has 0 aliphatic rings. The van der Waals surface area contributed by atoms with Crippen molar-refractivity contribution in [2.24, 2.45) is 0 Å². The average molecular weight is 276 g/mol. The van der Waals surface area contributed by atoms with E-state index in [2.05, 4.69) is 0 Å². The molecule has 0 saturated carbocycles. The van der Waals surface area contributed by atoms with Gasteiger partial charge in [0.2, 0.25) is 0 Å². The third kappa shape index (κ3) is 3.39. The number of ether oxygens (including phenoxy) is 2. The molecule has 6 heteroatoms. The number of methoxy groups -OCH3 is 2. The van der Waals surface area contributed by atoms with Crippen LogP contribution in [0.15, 0.2) is 12.1 Å². The summed E-state index contributed by atoms with van der Waals surface area (Å²) >= 11 is 0. The first kappa shape index (κ1) is 15.3. The zero-order chi connectivity index (χ0) is 14.6. The van der Waals surface area contributed by atoms with E-state index in [0.717, 1.165) is 13.2 Å². The summed E-state index contributed by atoms with van der Waals surface area (Å²) in [6.07, 6.45) is -3.73. The second-order valence-electron chi connectivity index (χ2n) is 4.11. The number of hydrogen-bond acceptors (Lipinski definition) is 3. The molecule has 0 N–H and O–H groups in total. The topological polar surface area (TPSA) is 35.5 Å². The lowest BCUT2D eigenvalue weighted by Gasteiger charge is -2.18. The van der Waals surface area contributed by atoms with Gasteiger partial charge in [0, 0.05) is 6.42 Å². The molecule has 1 unspecified atom stereocenters. The molecule has 0 aliphatic carbocycles. The van der Waals surface area contributed by atoms with Gasteiger partial charge in [-0.1, -0.05) is 6.92 Å². The molecule has 1 aromatic rings. The van der Waals surface area contributed by atoms with Crippen molar-refractivity contribution in [1.82, 2.24) is 0 Å². The minimum absolute atomic E-state index is 0.00470. The monoisotopic (exact) mass is 276 g/mol. The normalized spacial score (nSPS) is 12.9. The summed E-state index contributed by atoms with van der Waals surface area (Å²) in [5.74, 6) is -0.666. The third-order valence-electron chi connectivity index (χ3n) is 2.83. The fraction of sp³-hybridized carbons (Fsp3) is 0.462. The highest BCUT2D eigenvalue weighted by Gasteiger charge is 2.36. The van der Waals surface area contributed by atoms with E-state index in [0.29, 0.717) is 11.8 Å². The van der Waals surface area contributed by atoms with E-state index in [1.807, 2.05) is 0 Å². The Labute approximate surface area is 109 Å². The number of carbonyl (C=O) groups excluding carboxylic acids is 1. The summed E-state index contributed by atoms with van der Waals surface area (Å²) in [5, 5.41) is 0. The zero-order valence-electron chi connectivity index (χ0n) is 10.9. The van der Waals surface area contributed by atoms with Crippen LogP contribution in [0.3, 0.4) is 0 Å². The number of aldehydes is 1. The summed E-state index contributed by atoms with van der Waals surface area (Å²) in [5.41, 5.74) is -0.515. The fourth-order valence-corrected chi connectivity index (χ4v) is 1.76. The standard InChI is InChI=1S/C13H15F3O3/c1-8(4-5-17)9-6-10(13(14,15)16)12(19-3)11(7-9)18-2/h5-8H,4H2,1-3H3. The molecule has 0 amide bonds. The van der Waals surface area contributed by atoms with Crippen LogP contribution in [0, 0.1) is 0 Å². The Hall–Kier alpha value is -1.72. The smallest absolute Gasteiger partial charge is 0.420 e. The minimum atomic E-state index is -4.55. The molecular formula is C13H15F3O3. The van der Waals surface area contributed by atoms with E-state index in [1.165, 1.54) is 13.2 Å². The van der Waals surface area contributed by atoms with Gasteiger partial charge in [0.1, 0.15) is 11.8 Å². The highest BCUT2D eigenvalue weighted by Crippen LogP contribution is 2.43. The highest BCUT2D eigenvalue weighted by atomic mass is 19.4. The van der Waals surface area contributed by atoms with Crippen LogP contribution in [0.5, 0.6) is 11.5 Å². The maximum absolute atomic E-state index is 13.0. The molecule has 106 valence electrons.